The molecule has 0 saturated carbocycles. The number of rotatable bonds is 3. The van der Waals surface area contributed by atoms with E-state index >= 15 is 0 Å². The van der Waals surface area contributed by atoms with Gasteiger partial charge in [0.2, 0.25) is 5.89 Å². The van der Waals surface area contributed by atoms with Crippen molar-refractivity contribution in [3.05, 3.63) is 11.7 Å². The number of hydrogen-bond acceptors (Lipinski definition) is 6. The maximum atomic E-state index is 12.0. The number of carbonyl (C=O) groups excluding carboxylic acids is 1. The number of carbonyl (C=O) groups is 2. The lowest BCUT2D eigenvalue weighted by Gasteiger charge is -2.35. The second kappa shape index (κ2) is 5.35. The van der Waals surface area contributed by atoms with Crippen molar-refractivity contribution < 1.29 is 19.2 Å². The maximum Gasteiger partial charge on any atom is 0.320 e. The minimum absolute atomic E-state index is 0.0530. The van der Waals surface area contributed by atoms with Crippen LogP contribution in [0.1, 0.15) is 23.4 Å². The van der Waals surface area contributed by atoms with Gasteiger partial charge in [0.1, 0.15) is 6.04 Å². The van der Waals surface area contributed by atoms with Crippen molar-refractivity contribution in [1.29, 1.82) is 0 Å². The average Bonchev–Trinajstić information content (AvgIpc) is 2.84. The van der Waals surface area contributed by atoms with Crippen molar-refractivity contribution in [3.8, 4) is 0 Å². The van der Waals surface area contributed by atoms with Gasteiger partial charge in [-0.05, 0) is 6.92 Å². The lowest BCUT2D eigenvalue weighted by atomic mass is 10.2. The molecular weight excluding hydrogens is 252 g/mol. The van der Waals surface area contributed by atoms with Crippen LogP contribution in [0.4, 0.5) is 0 Å². The molecule has 0 spiro atoms. The van der Waals surface area contributed by atoms with Crippen molar-refractivity contribution in [3.63, 3.8) is 0 Å². The Labute approximate surface area is 110 Å². The molecule has 0 radical (unpaired) electrons. The van der Waals surface area contributed by atoms with E-state index in [-0.39, 0.29) is 11.7 Å². The van der Waals surface area contributed by atoms with Crippen LogP contribution in [0.5, 0.6) is 0 Å². The fourth-order valence-electron chi connectivity index (χ4n) is 2.00. The summed E-state index contributed by atoms with van der Waals surface area (Å²) in [6.07, 6.45) is 0. The summed E-state index contributed by atoms with van der Waals surface area (Å²) in [5.74, 6) is -0.730. The third-order valence-corrected chi connectivity index (χ3v) is 3.23. The van der Waals surface area contributed by atoms with Gasteiger partial charge in [0.25, 0.3) is 11.7 Å². The molecule has 1 fully saturated rings. The van der Waals surface area contributed by atoms with Crippen molar-refractivity contribution in [1.82, 2.24) is 19.9 Å². The summed E-state index contributed by atoms with van der Waals surface area (Å²) >= 11 is 0. The molecule has 1 atom stereocenters. The third-order valence-electron chi connectivity index (χ3n) is 3.23. The highest BCUT2D eigenvalue weighted by Gasteiger charge is 2.29. The van der Waals surface area contributed by atoms with E-state index in [1.807, 2.05) is 4.90 Å². The Morgan fingerprint density at radius 3 is 2.42 bits per heavy atom. The zero-order chi connectivity index (χ0) is 14.0. The van der Waals surface area contributed by atoms with E-state index < -0.39 is 12.0 Å². The van der Waals surface area contributed by atoms with E-state index in [9.17, 15) is 9.59 Å². The van der Waals surface area contributed by atoms with E-state index in [1.165, 1.54) is 0 Å². The smallest absolute Gasteiger partial charge is 0.320 e. The van der Waals surface area contributed by atoms with Crippen LogP contribution in [0.2, 0.25) is 0 Å². The fraction of sp³-hybridized carbons (Fsp3) is 0.636. The summed E-state index contributed by atoms with van der Waals surface area (Å²) in [6, 6.07) is -0.537. The SMILES string of the molecule is Cc1nc(C(=O)N2CCN(C(C)C(=O)O)CC2)no1. The molecule has 1 aliphatic rings. The van der Waals surface area contributed by atoms with Gasteiger partial charge in [-0.3, -0.25) is 14.5 Å². The minimum Gasteiger partial charge on any atom is -0.480 e. The van der Waals surface area contributed by atoms with Gasteiger partial charge in [-0.2, -0.15) is 4.98 Å². The number of aliphatic carboxylic acids is 1. The van der Waals surface area contributed by atoms with Crippen molar-refractivity contribution in [2.24, 2.45) is 0 Å². The van der Waals surface area contributed by atoms with Gasteiger partial charge in [-0.15, -0.1) is 0 Å². The summed E-state index contributed by atoms with van der Waals surface area (Å²) < 4.78 is 4.77. The minimum atomic E-state index is -0.853. The Bertz CT molecular complexity index is 479. The summed E-state index contributed by atoms with van der Waals surface area (Å²) in [4.78, 5) is 30.2. The molecule has 2 heterocycles. The zero-order valence-corrected chi connectivity index (χ0v) is 10.9. The summed E-state index contributed by atoms with van der Waals surface area (Å²) in [6.45, 7) is 5.23. The Morgan fingerprint density at radius 1 is 1.32 bits per heavy atom. The predicted molar refractivity (Wildman–Crippen MR) is 63.6 cm³/mol. The number of aromatic nitrogens is 2. The fourth-order valence-corrected chi connectivity index (χ4v) is 2.00. The van der Waals surface area contributed by atoms with Gasteiger partial charge in [-0.1, -0.05) is 5.16 Å². The van der Waals surface area contributed by atoms with Gasteiger partial charge in [0.15, 0.2) is 0 Å². The molecule has 19 heavy (non-hydrogen) atoms. The van der Waals surface area contributed by atoms with E-state index in [1.54, 1.807) is 18.7 Å². The Balaban J connectivity index is 1.93. The molecule has 1 aromatic heterocycles. The first-order valence-electron chi connectivity index (χ1n) is 6.05. The number of carboxylic acid groups (broad SMARTS) is 1. The average molecular weight is 268 g/mol. The molecule has 1 unspecified atom stereocenters. The maximum absolute atomic E-state index is 12.0. The van der Waals surface area contributed by atoms with Crippen LogP contribution in [0.3, 0.4) is 0 Å². The Morgan fingerprint density at radius 2 is 1.95 bits per heavy atom. The molecular formula is C11H16N4O4. The van der Waals surface area contributed by atoms with Crippen LogP contribution >= 0.6 is 0 Å². The van der Waals surface area contributed by atoms with Gasteiger partial charge in [0, 0.05) is 33.1 Å². The second-order valence-corrected chi connectivity index (χ2v) is 4.48. The first-order valence-corrected chi connectivity index (χ1v) is 6.05. The lowest BCUT2D eigenvalue weighted by molar-refractivity contribution is -0.143. The molecule has 0 aliphatic carbocycles. The molecule has 1 amide bonds. The lowest BCUT2D eigenvalue weighted by Crippen LogP contribution is -2.53. The molecule has 8 nitrogen and oxygen atoms in total. The number of hydrogen-bond donors (Lipinski definition) is 1. The topological polar surface area (TPSA) is 99.8 Å². The molecule has 8 heteroatoms. The molecule has 1 aliphatic heterocycles. The van der Waals surface area contributed by atoms with E-state index in [0.717, 1.165) is 0 Å². The highest BCUT2D eigenvalue weighted by molar-refractivity contribution is 5.90. The van der Waals surface area contributed by atoms with Crippen molar-refractivity contribution in [2.45, 2.75) is 19.9 Å². The van der Waals surface area contributed by atoms with Crippen LogP contribution in [0.15, 0.2) is 4.52 Å². The number of piperazine rings is 1. The number of amides is 1. The number of carboxylic acids is 1. The Hall–Kier alpha value is -1.96. The van der Waals surface area contributed by atoms with Crippen molar-refractivity contribution >= 4 is 11.9 Å². The molecule has 2 rings (SSSR count). The van der Waals surface area contributed by atoms with Gasteiger partial charge in [-0.25, -0.2) is 0 Å². The Kier molecular flexibility index (Phi) is 3.79. The van der Waals surface area contributed by atoms with Crippen LogP contribution in [0, 0.1) is 6.92 Å². The van der Waals surface area contributed by atoms with Crippen molar-refractivity contribution in [2.75, 3.05) is 26.2 Å². The van der Waals surface area contributed by atoms with Crippen LogP contribution in [-0.2, 0) is 4.79 Å². The third kappa shape index (κ3) is 2.90. The summed E-state index contributed by atoms with van der Waals surface area (Å²) in [5, 5.41) is 12.5. The monoisotopic (exact) mass is 268 g/mol. The van der Waals surface area contributed by atoms with Gasteiger partial charge < -0.3 is 14.5 Å². The quantitative estimate of drug-likeness (QED) is 0.796. The largest absolute Gasteiger partial charge is 0.480 e. The van der Waals surface area contributed by atoms with E-state index in [4.69, 9.17) is 9.63 Å². The summed E-state index contributed by atoms with van der Waals surface area (Å²) in [7, 11) is 0. The highest BCUT2D eigenvalue weighted by atomic mass is 16.5. The zero-order valence-electron chi connectivity index (χ0n) is 10.9. The van der Waals surface area contributed by atoms with Gasteiger partial charge in [0.05, 0.1) is 0 Å². The van der Waals surface area contributed by atoms with Crippen LogP contribution < -0.4 is 0 Å². The van der Waals surface area contributed by atoms with Crippen LogP contribution in [-0.4, -0.2) is 69.1 Å². The number of nitrogens with zero attached hydrogens (tertiary/aromatic N) is 4. The summed E-state index contributed by atoms with van der Waals surface area (Å²) in [5.41, 5.74) is 0. The normalized spacial score (nSPS) is 18.3. The first-order chi connectivity index (χ1) is 8.99. The molecule has 104 valence electrons. The molecule has 1 N–H and O–H groups in total. The molecule has 0 bridgehead atoms. The van der Waals surface area contributed by atoms with Crippen LogP contribution in [0.25, 0.3) is 0 Å². The standard InChI is InChI=1S/C11H16N4O4/c1-7(11(17)18)14-3-5-15(6-4-14)10(16)9-12-8(2)19-13-9/h7H,3-6H2,1-2H3,(H,17,18). The first kappa shape index (κ1) is 13.5. The second-order valence-electron chi connectivity index (χ2n) is 4.48. The highest BCUT2D eigenvalue weighted by Crippen LogP contribution is 2.09. The molecule has 1 aromatic rings. The van der Waals surface area contributed by atoms with Gasteiger partial charge >= 0.3 is 5.97 Å². The molecule has 1 saturated heterocycles. The molecule has 0 aromatic carbocycles. The predicted octanol–water partition coefficient (Wildman–Crippen LogP) is -0.391. The number of aryl methyl sites for hydroxylation is 1. The van der Waals surface area contributed by atoms with E-state index in [2.05, 4.69) is 10.1 Å². The van der Waals surface area contributed by atoms with E-state index in [0.29, 0.717) is 32.1 Å².